The van der Waals surface area contributed by atoms with Crippen LogP contribution in [0.3, 0.4) is 0 Å². The van der Waals surface area contributed by atoms with E-state index in [9.17, 15) is 9.90 Å². The summed E-state index contributed by atoms with van der Waals surface area (Å²) in [6.07, 6.45) is 3.10. The van der Waals surface area contributed by atoms with E-state index in [1.165, 1.54) is 12.7 Å². The molecule has 25 heavy (non-hydrogen) atoms. The lowest BCUT2D eigenvalue weighted by molar-refractivity contribution is -0.138. The maximum absolute atomic E-state index is 12.8. The van der Waals surface area contributed by atoms with E-state index in [-0.39, 0.29) is 23.1 Å². The maximum atomic E-state index is 12.8. The number of fused-ring (bicyclic) bond motifs is 2. The van der Waals surface area contributed by atoms with E-state index < -0.39 is 0 Å². The largest absolute Gasteiger partial charge is 0.508 e. The first-order chi connectivity index (χ1) is 12.1. The van der Waals surface area contributed by atoms with Crippen LogP contribution in [0.15, 0.2) is 29.5 Å². The monoisotopic (exact) mass is 340 g/mol. The third-order valence-electron chi connectivity index (χ3n) is 7.05. The minimum Gasteiger partial charge on any atom is -0.508 e. The van der Waals surface area contributed by atoms with Gasteiger partial charge < -0.3 is 15.2 Å². The van der Waals surface area contributed by atoms with Gasteiger partial charge in [0.05, 0.1) is 18.1 Å². The van der Waals surface area contributed by atoms with E-state index in [0.717, 1.165) is 49.3 Å². The molecule has 5 nitrogen and oxygen atoms in total. The van der Waals surface area contributed by atoms with E-state index >= 15 is 0 Å². The summed E-state index contributed by atoms with van der Waals surface area (Å²) >= 11 is 0. The predicted molar refractivity (Wildman–Crippen MR) is 94.3 cm³/mol. The molecule has 4 aliphatic rings. The Morgan fingerprint density at radius 2 is 2.28 bits per heavy atom. The van der Waals surface area contributed by atoms with Crippen molar-refractivity contribution in [3.8, 4) is 5.75 Å². The number of nitrogens with one attached hydrogen (secondary N) is 1. The van der Waals surface area contributed by atoms with Crippen molar-refractivity contribution in [1.82, 2.24) is 4.90 Å². The normalized spacial score (nSPS) is 35.2. The quantitative estimate of drug-likeness (QED) is 0.811. The van der Waals surface area contributed by atoms with Crippen LogP contribution in [-0.2, 0) is 14.9 Å². The number of nitrogens with zero attached hydrogens (tertiary/aromatic N) is 1. The number of piperidine rings is 1. The second-order valence-electron chi connectivity index (χ2n) is 7.80. The highest BCUT2D eigenvalue weighted by Gasteiger charge is 2.64. The van der Waals surface area contributed by atoms with Crippen molar-refractivity contribution >= 4 is 11.7 Å². The van der Waals surface area contributed by atoms with Gasteiger partial charge in [-0.25, -0.2) is 4.79 Å². The number of esters is 1. The predicted octanol–water partition coefficient (Wildman–Crippen LogP) is 2.62. The van der Waals surface area contributed by atoms with Crippen LogP contribution in [0.1, 0.15) is 31.7 Å². The molecule has 0 saturated carbocycles. The van der Waals surface area contributed by atoms with E-state index in [4.69, 9.17) is 4.74 Å². The van der Waals surface area contributed by atoms with Gasteiger partial charge in [0.15, 0.2) is 0 Å². The molecule has 132 valence electrons. The number of benzene rings is 1. The zero-order valence-corrected chi connectivity index (χ0v) is 14.7. The molecule has 5 heteroatoms. The highest BCUT2D eigenvalue weighted by atomic mass is 16.5. The molecule has 2 fully saturated rings. The first-order valence-electron chi connectivity index (χ1n) is 9.29. The minimum atomic E-state index is -0.193. The molecule has 1 spiro atoms. The number of phenols is 1. The smallest absolute Gasteiger partial charge is 0.335 e. The number of methoxy groups -OCH3 is 1. The lowest BCUT2D eigenvalue weighted by Crippen LogP contribution is -2.58. The number of carbonyl (C=O) groups excluding carboxylic acids is 1. The SMILES string of the molecule is CC[C@@H]1[C@@H]2CCN3CC[C@@]4(C(=C2C(=O)OC)Nc2cc(O)ccc24)[C@@H]13. The van der Waals surface area contributed by atoms with Crippen LogP contribution >= 0.6 is 0 Å². The topological polar surface area (TPSA) is 61.8 Å². The van der Waals surface area contributed by atoms with Crippen LogP contribution in [-0.4, -0.2) is 42.2 Å². The van der Waals surface area contributed by atoms with Crippen molar-refractivity contribution in [2.24, 2.45) is 11.8 Å². The highest BCUT2D eigenvalue weighted by Crippen LogP contribution is 2.62. The summed E-state index contributed by atoms with van der Waals surface area (Å²) in [5.41, 5.74) is 3.91. The Morgan fingerprint density at radius 1 is 1.44 bits per heavy atom. The fourth-order valence-electron chi connectivity index (χ4n) is 6.24. The third-order valence-corrected chi connectivity index (χ3v) is 7.05. The number of ether oxygens (including phenoxy) is 1. The van der Waals surface area contributed by atoms with Crippen molar-refractivity contribution < 1.29 is 14.6 Å². The summed E-state index contributed by atoms with van der Waals surface area (Å²) in [7, 11) is 1.48. The highest BCUT2D eigenvalue weighted by molar-refractivity contribution is 5.93. The van der Waals surface area contributed by atoms with Gasteiger partial charge in [0.1, 0.15) is 5.75 Å². The first-order valence-corrected chi connectivity index (χ1v) is 9.29. The summed E-state index contributed by atoms with van der Waals surface area (Å²) in [6, 6.07) is 6.04. The summed E-state index contributed by atoms with van der Waals surface area (Å²) < 4.78 is 5.21. The molecule has 2 N–H and O–H groups in total. The molecule has 3 heterocycles. The second-order valence-corrected chi connectivity index (χ2v) is 7.80. The fraction of sp³-hybridized carbons (Fsp3) is 0.550. The summed E-state index contributed by atoms with van der Waals surface area (Å²) in [6.45, 7) is 4.36. The number of rotatable bonds is 2. The van der Waals surface area contributed by atoms with Gasteiger partial charge >= 0.3 is 5.97 Å². The van der Waals surface area contributed by atoms with Crippen molar-refractivity contribution in [1.29, 1.82) is 0 Å². The zero-order valence-electron chi connectivity index (χ0n) is 14.7. The Balaban J connectivity index is 1.82. The molecular formula is C20H24N2O3. The molecule has 2 bridgehead atoms. The van der Waals surface area contributed by atoms with E-state index in [1.54, 1.807) is 12.1 Å². The standard InChI is InChI=1S/C20H24N2O3/c1-3-12-13-6-8-22-9-7-20(18(12)22)14-5-4-11(23)10-15(14)21-17(20)16(13)19(24)25-2/h4-5,10,12-13,18,21,23H,3,6-9H2,1-2H3/t12-,13+,18-,20-/m1/s1. The van der Waals surface area contributed by atoms with Crippen molar-refractivity contribution in [3.05, 3.63) is 35.0 Å². The molecule has 0 aromatic heterocycles. The molecule has 2 saturated heterocycles. The van der Waals surface area contributed by atoms with Gasteiger partial charge in [-0.1, -0.05) is 19.4 Å². The molecule has 4 atom stereocenters. The Kier molecular flexibility index (Phi) is 3.06. The first kappa shape index (κ1) is 15.3. The average Bonchev–Trinajstić information content (AvgIpc) is 3.17. The Morgan fingerprint density at radius 3 is 3.04 bits per heavy atom. The van der Waals surface area contributed by atoms with Crippen LogP contribution in [0, 0.1) is 11.8 Å². The van der Waals surface area contributed by atoms with Crippen LogP contribution in [0.2, 0.25) is 0 Å². The number of phenolic OH excluding ortho intramolecular Hbond substituents is 1. The van der Waals surface area contributed by atoms with Crippen LogP contribution in [0.4, 0.5) is 5.69 Å². The third kappa shape index (κ3) is 1.70. The maximum Gasteiger partial charge on any atom is 0.335 e. The summed E-state index contributed by atoms with van der Waals surface area (Å²) in [4.78, 5) is 15.4. The van der Waals surface area contributed by atoms with Crippen LogP contribution in [0.25, 0.3) is 0 Å². The Bertz CT molecular complexity index is 802. The summed E-state index contributed by atoms with van der Waals surface area (Å²) in [5, 5.41) is 13.5. The molecule has 0 radical (unpaired) electrons. The zero-order chi connectivity index (χ0) is 17.3. The van der Waals surface area contributed by atoms with E-state index in [2.05, 4.69) is 17.1 Å². The van der Waals surface area contributed by atoms with Crippen molar-refractivity contribution in [3.63, 3.8) is 0 Å². The lowest BCUT2D eigenvalue weighted by Gasteiger charge is -2.52. The second kappa shape index (κ2) is 5.01. The number of carbonyl (C=O) groups is 1. The molecule has 1 aromatic rings. The Hall–Kier alpha value is -2.01. The minimum absolute atomic E-state index is 0.163. The number of hydrogen-bond donors (Lipinski definition) is 2. The van der Waals surface area contributed by atoms with Crippen LogP contribution < -0.4 is 5.32 Å². The van der Waals surface area contributed by atoms with Gasteiger partial charge in [0.2, 0.25) is 0 Å². The van der Waals surface area contributed by atoms with Gasteiger partial charge in [0.25, 0.3) is 0 Å². The average molecular weight is 340 g/mol. The van der Waals surface area contributed by atoms with Gasteiger partial charge in [0, 0.05) is 23.5 Å². The Labute approximate surface area is 147 Å². The molecule has 0 unspecified atom stereocenters. The molecular weight excluding hydrogens is 316 g/mol. The molecule has 0 amide bonds. The van der Waals surface area contributed by atoms with Gasteiger partial charge in [-0.3, -0.25) is 4.90 Å². The lowest BCUT2D eigenvalue weighted by atomic mass is 9.57. The number of aromatic hydroxyl groups is 1. The molecule has 1 aromatic carbocycles. The van der Waals surface area contributed by atoms with E-state index in [0.29, 0.717) is 12.0 Å². The van der Waals surface area contributed by atoms with Gasteiger partial charge in [-0.05, 0) is 49.4 Å². The van der Waals surface area contributed by atoms with Crippen molar-refractivity contribution in [2.75, 3.05) is 25.5 Å². The molecule has 1 aliphatic carbocycles. The molecule has 5 rings (SSSR count). The fourth-order valence-corrected chi connectivity index (χ4v) is 6.24. The van der Waals surface area contributed by atoms with Crippen molar-refractivity contribution in [2.45, 2.75) is 37.6 Å². The summed E-state index contributed by atoms with van der Waals surface area (Å²) in [5.74, 6) is 0.790. The number of anilines is 1. The van der Waals surface area contributed by atoms with Gasteiger partial charge in [-0.2, -0.15) is 0 Å². The number of hydrogen-bond acceptors (Lipinski definition) is 5. The van der Waals surface area contributed by atoms with E-state index in [1.807, 2.05) is 6.07 Å². The van der Waals surface area contributed by atoms with Gasteiger partial charge in [-0.15, -0.1) is 0 Å². The molecule has 3 aliphatic heterocycles. The van der Waals surface area contributed by atoms with Crippen LogP contribution in [0.5, 0.6) is 5.75 Å².